The number of amides is 1. The van der Waals surface area contributed by atoms with E-state index >= 15 is 0 Å². The van der Waals surface area contributed by atoms with Gasteiger partial charge in [-0.1, -0.05) is 20.3 Å². The largest absolute Gasteiger partial charge is 0.351 e. The maximum atomic E-state index is 12.6. The number of carbonyl (C=O) groups is 1. The number of nitrogens with one attached hydrogen (secondary N) is 2. The first-order valence-electron chi connectivity index (χ1n) is 10.6. The highest BCUT2D eigenvalue weighted by atomic mass is 16.2. The summed E-state index contributed by atoms with van der Waals surface area (Å²) in [7, 11) is 0. The molecule has 134 valence electrons. The second kappa shape index (κ2) is 5.22. The molecule has 4 saturated carbocycles. The van der Waals surface area contributed by atoms with Gasteiger partial charge in [-0.3, -0.25) is 4.79 Å². The maximum Gasteiger partial charge on any atom is 0.237 e. The zero-order valence-electron chi connectivity index (χ0n) is 15.4. The number of carbonyl (C=O) groups excluding carboxylic acids is 1. The van der Waals surface area contributed by atoms with Crippen LogP contribution in [0.3, 0.4) is 0 Å². The Balaban J connectivity index is 1.41. The first-order chi connectivity index (χ1) is 11.5. The molecule has 0 bridgehead atoms. The van der Waals surface area contributed by atoms with Crippen LogP contribution in [0.5, 0.6) is 0 Å². The van der Waals surface area contributed by atoms with Gasteiger partial charge in [0.25, 0.3) is 0 Å². The first kappa shape index (κ1) is 15.7. The third kappa shape index (κ3) is 2.22. The summed E-state index contributed by atoms with van der Waals surface area (Å²) >= 11 is 0. The van der Waals surface area contributed by atoms with E-state index < -0.39 is 0 Å². The van der Waals surface area contributed by atoms with Gasteiger partial charge < -0.3 is 10.6 Å². The van der Waals surface area contributed by atoms with Crippen LogP contribution in [0.2, 0.25) is 0 Å². The first-order valence-corrected chi connectivity index (χ1v) is 10.6. The minimum absolute atomic E-state index is 0.0642. The van der Waals surface area contributed by atoms with Gasteiger partial charge in [-0.25, -0.2) is 0 Å². The van der Waals surface area contributed by atoms with E-state index in [9.17, 15) is 4.79 Å². The van der Waals surface area contributed by atoms with E-state index in [0.29, 0.717) is 22.9 Å². The molecule has 5 rings (SSSR count). The molecular weight excluding hydrogens is 296 g/mol. The summed E-state index contributed by atoms with van der Waals surface area (Å²) in [6.45, 7) is 5.10. The summed E-state index contributed by atoms with van der Waals surface area (Å²) in [6, 6.07) is 1.11. The highest BCUT2D eigenvalue weighted by Crippen LogP contribution is 2.63. The van der Waals surface area contributed by atoms with Crippen molar-refractivity contribution in [2.75, 3.05) is 0 Å². The summed E-state index contributed by atoms with van der Waals surface area (Å²) in [5, 5.41) is 7.08. The van der Waals surface area contributed by atoms with E-state index in [4.69, 9.17) is 0 Å². The van der Waals surface area contributed by atoms with Crippen molar-refractivity contribution in [2.24, 2.45) is 28.6 Å². The highest BCUT2D eigenvalue weighted by molar-refractivity contribution is 5.83. The molecule has 1 amide bonds. The van der Waals surface area contributed by atoms with E-state index in [2.05, 4.69) is 24.5 Å². The molecule has 3 heteroatoms. The maximum absolute atomic E-state index is 12.6. The van der Waals surface area contributed by atoms with Crippen LogP contribution >= 0.6 is 0 Å². The van der Waals surface area contributed by atoms with Crippen LogP contribution in [0.25, 0.3) is 0 Å². The fraction of sp³-hybridized carbons (Fsp3) is 0.952. The fourth-order valence-corrected chi connectivity index (χ4v) is 7.45. The number of fused-ring (bicyclic) bond motifs is 5. The Morgan fingerprint density at radius 2 is 1.83 bits per heavy atom. The summed E-state index contributed by atoms with van der Waals surface area (Å²) in [4.78, 5) is 12.6. The molecule has 2 N–H and O–H groups in total. The molecule has 24 heavy (non-hydrogen) atoms. The zero-order valence-corrected chi connectivity index (χ0v) is 15.4. The molecular formula is C21H34N2O. The van der Waals surface area contributed by atoms with Crippen molar-refractivity contribution in [1.82, 2.24) is 10.6 Å². The van der Waals surface area contributed by atoms with Crippen LogP contribution in [0.15, 0.2) is 0 Å². The van der Waals surface area contributed by atoms with E-state index in [1.165, 1.54) is 57.8 Å². The van der Waals surface area contributed by atoms with E-state index in [1.54, 1.807) is 0 Å². The summed E-state index contributed by atoms with van der Waals surface area (Å²) < 4.78 is 0. The van der Waals surface area contributed by atoms with Gasteiger partial charge in [0.15, 0.2) is 0 Å². The van der Waals surface area contributed by atoms with Crippen molar-refractivity contribution in [1.29, 1.82) is 0 Å². The molecule has 1 aliphatic heterocycles. The predicted molar refractivity (Wildman–Crippen MR) is 95.5 cm³/mol. The van der Waals surface area contributed by atoms with Crippen LogP contribution in [0, 0.1) is 28.6 Å². The van der Waals surface area contributed by atoms with E-state index in [1.807, 2.05) is 0 Å². The summed E-state index contributed by atoms with van der Waals surface area (Å²) in [6.07, 6.45) is 13.4. The lowest BCUT2D eigenvalue weighted by Gasteiger charge is -2.60. The lowest BCUT2D eigenvalue weighted by molar-refractivity contribution is -0.139. The molecule has 1 saturated heterocycles. The zero-order chi connectivity index (χ0) is 16.5. The highest BCUT2D eigenvalue weighted by Gasteiger charge is 2.59. The fourth-order valence-electron chi connectivity index (χ4n) is 7.45. The number of hydrogen-bond donors (Lipinski definition) is 2. The van der Waals surface area contributed by atoms with Crippen LogP contribution in [-0.2, 0) is 4.79 Å². The van der Waals surface area contributed by atoms with Crippen molar-refractivity contribution in [3.8, 4) is 0 Å². The minimum Gasteiger partial charge on any atom is -0.351 e. The lowest BCUT2D eigenvalue weighted by Crippen LogP contribution is -2.66. The monoisotopic (exact) mass is 330 g/mol. The van der Waals surface area contributed by atoms with Crippen molar-refractivity contribution in [3.05, 3.63) is 0 Å². The molecule has 0 spiro atoms. The Labute approximate surface area is 146 Å². The smallest absolute Gasteiger partial charge is 0.237 e. The topological polar surface area (TPSA) is 41.1 Å². The van der Waals surface area contributed by atoms with Crippen LogP contribution in [0.1, 0.15) is 78.1 Å². The third-order valence-corrected chi connectivity index (χ3v) is 8.94. The Bertz CT molecular complexity index is 544. The Morgan fingerprint density at radius 1 is 1.00 bits per heavy atom. The quantitative estimate of drug-likeness (QED) is 0.812. The van der Waals surface area contributed by atoms with Crippen molar-refractivity contribution in [2.45, 2.75) is 96.2 Å². The van der Waals surface area contributed by atoms with Crippen LogP contribution in [0.4, 0.5) is 0 Å². The lowest BCUT2D eigenvalue weighted by atomic mass is 9.47. The van der Waals surface area contributed by atoms with Crippen molar-refractivity contribution in [3.63, 3.8) is 0 Å². The van der Waals surface area contributed by atoms with Gasteiger partial charge >= 0.3 is 0 Å². The number of hydrogen-bond acceptors (Lipinski definition) is 2. The van der Waals surface area contributed by atoms with Gasteiger partial charge in [0.2, 0.25) is 5.91 Å². The molecule has 5 aliphatic rings. The molecule has 4 aliphatic carbocycles. The third-order valence-electron chi connectivity index (χ3n) is 8.94. The summed E-state index contributed by atoms with van der Waals surface area (Å²) in [5.41, 5.74) is 0.946. The minimum atomic E-state index is 0.0642. The molecule has 0 aromatic carbocycles. The second-order valence-electron chi connectivity index (χ2n) is 10.3. The van der Waals surface area contributed by atoms with Crippen LogP contribution in [-0.4, -0.2) is 24.0 Å². The average molecular weight is 331 g/mol. The molecule has 0 radical (unpaired) electrons. The Hall–Kier alpha value is -0.570. The van der Waals surface area contributed by atoms with Gasteiger partial charge in [0.1, 0.15) is 0 Å². The van der Waals surface area contributed by atoms with Gasteiger partial charge in [-0.15, -0.1) is 0 Å². The second-order valence-corrected chi connectivity index (χ2v) is 10.3. The van der Waals surface area contributed by atoms with Gasteiger partial charge in [0.05, 0.1) is 6.04 Å². The predicted octanol–water partition coefficient (Wildman–Crippen LogP) is 3.63. The molecule has 0 aromatic rings. The van der Waals surface area contributed by atoms with Crippen LogP contribution < -0.4 is 10.6 Å². The van der Waals surface area contributed by atoms with Gasteiger partial charge in [0, 0.05) is 12.1 Å². The molecule has 7 atom stereocenters. The molecule has 1 unspecified atom stereocenters. The molecule has 5 fully saturated rings. The van der Waals surface area contributed by atoms with Gasteiger partial charge in [-0.05, 0) is 86.4 Å². The average Bonchev–Trinajstić information content (AvgIpc) is 3.26. The van der Waals surface area contributed by atoms with E-state index in [0.717, 1.165) is 24.2 Å². The number of piperidine rings is 1. The standard InChI is InChI=1S/C21H34N2O/c1-20-10-3-4-15(20)14-7-8-18-21(2,16(14)9-11-20)12-17(19(24)23-18)22-13-5-6-13/h13-18,22H,3-12H2,1-2H3,(H,23,24)/t14-,15-,16-,17?,18+,20-,21+/m0/s1. The Kier molecular flexibility index (Phi) is 3.41. The molecule has 1 heterocycles. The van der Waals surface area contributed by atoms with E-state index in [-0.39, 0.29) is 11.9 Å². The Morgan fingerprint density at radius 3 is 2.62 bits per heavy atom. The molecule has 3 nitrogen and oxygen atoms in total. The molecule has 0 aromatic heterocycles. The van der Waals surface area contributed by atoms with Gasteiger partial charge in [-0.2, -0.15) is 0 Å². The van der Waals surface area contributed by atoms with Crippen molar-refractivity contribution < 1.29 is 4.79 Å². The summed E-state index contributed by atoms with van der Waals surface area (Å²) in [5.74, 6) is 2.99. The number of rotatable bonds is 2. The SMILES string of the molecule is C[C@@]12CCC[C@H]1[C@@H]1CC[C@H]3NC(=O)C(NC4CC4)C[C@]3(C)[C@H]1CC2. The normalized spacial score (nSPS) is 53.8. The van der Waals surface area contributed by atoms with Crippen molar-refractivity contribution >= 4 is 5.91 Å².